The number of nitriles is 1. The molecule has 3 aromatic rings. The van der Waals surface area contributed by atoms with Crippen molar-refractivity contribution in [1.29, 1.82) is 5.26 Å². The highest BCUT2D eigenvalue weighted by Gasteiger charge is 2.36. The van der Waals surface area contributed by atoms with E-state index in [1.165, 1.54) is 6.20 Å². The van der Waals surface area contributed by atoms with Gasteiger partial charge in [-0.2, -0.15) is 5.26 Å². The fourth-order valence-electron chi connectivity index (χ4n) is 5.74. The van der Waals surface area contributed by atoms with Gasteiger partial charge >= 0.3 is 0 Å². The van der Waals surface area contributed by atoms with Gasteiger partial charge in [0, 0.05) is 18.0 Å². The van der Waals surface area contributed by atoms with E-state index in [2.05, 4.69) is 34.8 Å². The first-order chi connectivity index (χ1) is 22.8. The second-order valence-corrected chi connectivity index (χ2v) is 11.9. The van der Waals surface area contributed by atoms with E-state index in [0.717, 1.165) is 37.7 Å². The number of rotatable bonds is 19. The summed E-state index contributed by atoms with van der Waals surface area (Å²) in [6.07, 6.45) is 4.83. The molecule has 3 amide bonds. The van der Waals surface area contributed by atoms with Gasteiger partial charge in [0.2, 0.25) is 5.91 Å². The van der Waals surface area contributed by atoms with Gasteiger partial charge < -0.3 is 26.2 Å². The Morgan fingerprint density at radius 3 is 1.94 bits per heavy atom. The molecule has 3 rings (SSSR count). The van der Waals surface area contributed by atoms with Gasteiger partial charge in [-0.15, -0.1) is 0 Å². The van der Waals surface area contributed by atoms with Gasteiger partial charge in [0.05, 0.1) is 30.1 Å². The van der Waals surface area contributed by atoms with E-state index in [0.29, 0.717) is 23.5 Å². The molecule has 0 saturated heterocycles. The fraction of sp³-hybridized carbons (Fsp3) is 0.432. The lowest BCUT2D eigenvalue weighted by atomic mass is 9.90. The van der Waals surface area contributed by atoms with Crippen LogP contribution >= 0.6 is 0 Å². The van der Waals surface area contributed by atoms with Crippen molar-refractivity contribution >= 4 is 17.7 Å². The predicted octanol–water partition coefficient (Wildman–Crippen LogP) is 4.34. The molecule has 5 N–H and O–H groups in total. The summed E-state index contributed by atoms with van der Waals surface area (Å²) < 4.78 is 0. The summed E-state index contributed by atoms with van der Waals surface area (Å²) in [5, 5.41) is 40.8. The number of hydrogen-bond donors (Lipinski definition) is 5. The lowest BCUT2D eigenvalue weighted by Crippen LogP contribution is -2.59. The van der Waals surface area contributed by atoms with Crippen LogP contribution in [0.2, 0.25) is 0 Å². The number of carbonyl (C=O) groups excluding carboxylic acids is 3. The van der Waals surface area contributed by atoms with Crippen LogP contribution in [0.3, 0.4) is 0 Å². The quantitative estimate of drug-likeness (QED) is 0.130. The Kier molecular flexibility index (Phi) is 15.5. The van der Waals surface area contributed by atoms with Crippen LogP contribution in [-0.4, -0.2) is 63.3 Å². The number of amides is 3. The van der Waals surface area contributed by atoms with Gasteiger partial charge in [-0.05, 0) is 55.0 Å². The zero-order valence-electron chi connectivity index (χ0n) is 27.2. The molecule has 5 atom stereocenters. The standard InChI is InChI=1S/C37H47N5O5/c1-3-12-26(13-4-2)19-20-31(41-36(46)29-18-11-23-39-25-29)37(47)42-32(24-27-14-7-5-8-15-27)34(44)33(43)30(21-22-38)40-35(45)28-16-9-6-10-17-28/h5-11,14-18,23,25-26,30-34,43-44H,3-4,12-13,19-21,24H2,1-2H3,(H,40,45)(H,41,46)(H,42,47)/t30-,31-,32+,33-,34-/m1/s1. The Hall–Kier alpha value is -4.59. The smallest absolute Gasteiger partial charge is 0.253 e. The minimum absolute atomic E-state index is 0.147. The largest absolute Gasteiger partial charge is 0.388 e. The van der Waals surface area contributed by atoms with Gasteiger partial charge in [0.25, 0.3) is 11.8 Å². The third-order valence-corrected chi connectivity index (χ3v) is 8.27. The zero-order chi connectivity index (χ0) is 34.0. The first-order valence-electron chi connectivity index (χ1n) is 16.4. The second kappa shape index (κ2) is 19.8. The molecule has 0 bridgehead atoms. The average Bonchev–Trinajstić information content (AvgIpc) is 3.10. The van der Waals surface area contributed by atoms with E-state index in [1.807, 2.05) is 36.4 Å². The maximum absolute atomic E-state index is 14.0. The molecular formula is C37H47N5O5. The molecule has 250 valence electrons. The summed E-state index contributed by atoms with van der Waals surface area (Å²) in [6, 6.07) is 19.7. The summed E-state index contributed by atoms with van der Waals surface area (Å²) in [5.41, 5.74) is 1.44. The van der Waals surface area contributed by atoms with Gasteiger partial charge in [-0.1, -0.05) is 88.1 Å². The Morgan fingerprint density at radius 1 is 0.745 bits per heavy atom. The third kappa shape index (κ3) is 11.9. The molecule has 0 saturated carbocycles. The molecule has 0 aliphatic carbocycles. The number of pyridine rings is 1. The Labute approximate surface area is 277 Å². The topological polar surface area (TPSA) is 164 Å². The molecule has 10 heteroatoms. The van der Waals surface area contributed by atoms with Crippen LogP contribution in [0.5, 0.6) is 0 Å². The van der Waals surface area contributed by atoms with Gasteiger partial charge in [0.15, 0.2) is 0 Å². The van der Waals surface area contributed by atoms with E-state index in [4.69, 9.17) is 0 Å². The summed E-state index contributed by atoms with van der Waals surface area (Å²) in [5.74, 6) is -1.07. The predicted molar refractivity (Wildman–Crippen MR) is 180 cm³/mol. The van der Waals surface area contributed by atoms with E-state index in [-0.39, 0.29) is 12.8 Å². The number of nitrogens with zero attached hydrogens (tertiary/aromatic N) is 2. The van der Waals surface area contributed by atoms with Crippen LogP contribution in [0.15, 0.2) is 85.2 Å². The molecule has 1 heterocycles. The van der Waals surface area contributed by atoms with E-state index >= 15 is 0 Å². The normalized spacial score (nSPS) is 14.2. The Balaban J connectivity index is 1.86. The molecule has 1 aromatic heterocycles. The minimum atomic E-state index is -1.60. The van der Waals surface area contributed by atoms with Crippen LogP contribution in [0.25, 0.3) is 0 Å². The van der Waals surface area contributed by atoms with Crippen molar-refractivity contribution in [3.05, 3.63) is 102 Å². The monoisotopic (exact) mass is 641 g/mol. The average molecular weight is 642 g/mol. The van der Waals surface area contributed by atoms with Gasteiger partial charge in [-0.25, -0.2) is 0 Å². The number of aromatic nitrogens is 1. The van der Waals surface area contributed by atoms with Gasteiger partial charge in [0.1, 0.15) is 18.2 Å². The molecule has 0 spiro atoms. The van der Waals surface area contributed by atoms with Crippen molar-refractivity contribution in [1.82, 2.24) is 20.9 Å². The van der Waals surface area contributed by atoms with Crippen LogP contribution in [0, 0.1) is 17.2 Å². The first-order valence-corrected chi connectivity index (χ1v) is 16.4. The highest BCUT2D eigenvalue weighted by atomic mass is 16.3. The fourth-order valence-corrected chi connectivity index (χ4v) is 5.74. The molecule has 47 heavy (non-hydrogen) atoms. The van der Waals surface area contributed by atoms with Crippen molar-refractivity contribution in [3.8, 4) is 6.07 Å². The van der Waals surface area contributed by atoms with Gasteiger partial charge in [-0.3, -0.25) is 19.4 Å². The molecule has 0 aliphatic rings. The minimum Gasteiger partial charge on any atom is -0.388 e. The lowest BCUT2D eigenvalue weighted by molar-refractivity contribution is -0.125. The molecule has 10 nitrogen and oxygen atoms in total. The maximum Gasteiger partial charge on any atom is 0.253 e. The molecule has 0 unspecified atom stereocenters. The highest BCUT2D eigenvalue weighted by molar-refractivity contribution is 5.97. The molecule has 0 aliphatic heterocycles. The van der Waals surface area contributed by atoms with E-state index in [1.54, 1.807) is 48.7 Å². The van der Waals surface area contributed by atoms with E-state index < -0.39 is 48.1 Å². The summed E-state index contributed by atoms with van der Waals surface area (Å²) in [4.78, 5) is 44.0. The zero-order valence-corrected chi connectivity index (χ0v) is 27.2. The van der Waals surface area contributed by atoms with Crippen LogP contribution in [0.1, 0.15) is 85.1 Å². The van der Waals surface area contributed by atoms with Crippen molar-refractivity contribution in [3.63, 3.8) is 0 Å². The van der Waals surface area contributed by atoms with Crippen LogP contribution in [0.4, 0.5) is 0 Å². The van der Waals surface area contributed by atoms with Crippen molar-refractivity contribution in [2.24, 2.45) is 5.92 Å². The number of carbonyl (C=O) groups is 3. The van der Waals surface area contributed by atoms with Crippen molar-refractivity contribution in [2.45, 2.75) is 95.5 Å². The van der Waals surface area contributed by atoms with Crippen molar-refractivity contribution < 1.29 is 24.6 Å². The molecule has 0 radical (unpaired) electrons. The summed E-state index contributed by atoms with van der Waals surface area (Å²) >= 11 is 0. The Morgan fingerprint density at radius 2 is 1.34 bits per heavy atom. The SMILES string of the molecule is CCCC(CCC)CC[C@@H](NC(=O)c1cccnc1)C(=O)N[C@@H](Cc1ccccc1)[C@@H](O)[C@H](O)[C@@H](CC#N)NC(=O)c1ccccc1. The number of aliphatic hydroxyl groups is 2. The highest BCUT2D eigenvalue weighted by Crippen LogP contribution is 2.21. The molecule has 0 fully saturated rings. The number of benzene rings is 2. The van der Waals surface area contributed by atoms with E-state index in [9.17, 15) is 29.9 Å². The summed E-state index contributed by atoms with van der Waals surface area (Å²) in [7, 11) is 0. The van der Waals surface area contributed by atoms with Crippen LogP contribution < -0.4 is 16.0 Å². The second-order valence-electron chi connectivity index (χ2n) is 11.9. The third-order valence-electron chi connectivity index (χ3n) is 8.27. The number of hydrogen-bond acceptors (Lipinski definition) is 7. The van der Waals surface area contributed by atoms with Crippen LogP contribution in [-0.2, 0) is 11.2 Å². The molecular weight excluding hydrogens is 594 g/mol. The summed E-state index contributed by atoms with van der Waals surface area (Å²) in [6.45, 7) is 4.25. The molecule has 2 aromatic carbocycles. The van der Waals surface area contributed by atoms with Crippen molar-refractivity contribution in [2.75, 3.05) is 0 Å². The number of nitrogens with one attached hydrogen (secondary N) is 3. The number of aliphatic hydroxyl groups excluding tert-OH is 2. The first kappa shape index (κ1) is 36.9. The lowest BCUT2D eigenvalue weighted by Gasteiger charge is -2.33. The maximum atomic E-state index is 14.0. The Bertz CT molecular complexity index is 1410.